The van der Waals surface area contributed by atoms with Crippen molar-refractivity contribution in [3.05, 3.63) is 52.3 Å². The molecule has 1 N–H and O–H groups in total. The Labute approximate surface area is 172 Å². The second-order valence-electron chi connectivity index (χ2n) is 6.99. The van der Waals surface area contributed by atoms with E-state index in [1.807, 2.05) is 6.92 Å². The van der Waals surface area contributed by atoms with E-state index in [0.29, 0.717) is 34.7 Å². The molecule has 152 valence electrons. The average Bonchev–Trinajstić information content (AvgIpc) is 3.18. The van der Waals surface area contributed by atoms with Crippen LogP contribution in [0.2, 0.25) is 5.15 Å². The lowest BCUT2D eigenvalue weighted by atomic mass is 10.2. The number of rotatable bonds is 6. The van der Waals surface area contributed by atoms with Gasteiger partial charge in [0.05, 0.1) is 5.69 Å². The summed E-state index contributed by atoms with van der Waals surface area (Å²) in [7, 11) is 0. The van der Waals surface area contributed by atoms with Gasteiger partial charge in [-0.3, -0.25) is 9.48 Å². The molecule has 0 atom stereocenters. The molecular weight excluding hydrogens is 397 g/mol. The van der Waals surface area contributed by atoms with Crippen molar-refractivity contribution in [3.8, 4) is 5.69 Å². The van der Waals surface area contributed by atoms with E-state index in [1.54, 1.807) is 17.7 Å². The molecule has 0 spiro atoms. The van der Waals surface area contributed by atoms with E-state index in [1.165, 1.54) is 29.0 Å². The van der Waals surface area contributed by atoms with Gasteiger partial charge < -0.3 is 5.32 Å². The van der Waals surface area contributed by atoms with Gasteiger partial charge in [0, 0.05) is 23.9 Å². The summed E-state index contributed by atoms with van der Waals surface area (Å²) in [5.74, 6) is -0.0730. The molecule has 0 unspecified atom stereocenters. The number of tetrazole rings is 1. The van der Waals surface area contributed by atoms with Gasteiger partial charge in [-0.05, 0) is 54.5 Å². The number of carbonyl (C=O) groups excluding carboxylic acids is 1. The highest BCUT2D eigenvalue weighted by atomic mass is 35.5. The van der Waals surface area contributed by atoms with Gasteiger partial charge in [-0.15, -0.1) is 5.10 Å². The van der Waals surface area contributed by atoms with Gasteiger partial charge in [-0.2, -0.15) is 9.78 Å². The first-order chi connectivity index (χ1) is 13.8. The molecule has 1 aromatic carbocycles. The quantitative estimate of drug-likeness (QED) is 0.619. The van der Waals surface area contributed by atoms with Gasteiger partial charge in [0.2, 0.25) is 5.91 Å². The van der Waals surface area contributed by atoms with Crippen molar-refractivity contribution in [1.82, 2.24) is 30.0 Å². The molecule has 0 fully saturated rings. The maximum atomic E-state index is 14.1. The number of amides is 1. The van der Waals surface area contributed by atoms with Gasteiger partial charge in [-0.1, -0.05) is 25.4 Å². The molecule has 29 heavy (non-hydrogen) atoms. The fourth-order valence-electron chi connectivity index (χ4n) is 2.77. The third-order valence-electron chi connectivity index (χ3n) is 4.12. The Kier molecular flexibility index (Phi) is 6.07. The molecule has 0 aliphatic carbocycles. The normalized spacial score (nSPS) is 11.6. The predicted octanol–water partition coefficient (Wildman–Crippen LogP) is 3.58. The van der Waals surface area contributed by atoms with Crippen LogP contribution in [0, 0.1) is 25.6 Å². The number of aromatic nitrogens is 6. The molecule has 2 heterocycles. The van der Waals surface area contributed by atoms with Crippen LogP contribution in [0.25, 0.3) is 11.8 Å². The minimum absolute atomic E-state index is 0.142. The maximum Gasteiger partial charge on any atom is 0.248 e. The van der Waals surface area contributed by atoms with Gasteiger partial charge in [-0.25, -0.2) is 4.39 Å². The molecule has 1 amide bonds. The molecule has 8 nitrogen and oxygen atoms in total. The minimum Gasteiger partial charge on any atom is -0.322 e. The van der Waals surface area contributed by atoms with Crippen LogP contribution in [-0.2, 0) is 11.3 Å². The summed E-state index contributed by atoms with van der Waals surface area (Å²) in [6, 6.07) is 4.17. The van der Waals surface area contributed by atoms with E-state index < -0.39 is 5.82 Å². The van der Waals surface area contributed by atoms with Crippen LogP contribution in [0.3, 0.4) is 0 Å². The number of nitrogens with zero attached hydrogens (tertiary/aromatic N) is 6. The summed E-state index contributed by atoms with van der Waals surface area (Å²) < 4.78 is 17.1. The van der Waals surface area contributed by atoms with E-state index in [9.17, 15) is 9.18 Å². The second-order valence-corrected chi connectivity index (χ2v) is 7.35. The Hall–Kier alpha value is -3.07. The van der Waals surface area contributed by atoms with Crippen LogP contribution in [-0.4, -0.2) is 35.9 Å². The molecule has 0 saturated carbocycles. The highest BCUT2D eigenvalue weighted by Crippen LogP contribution is 2.23. The molecule has 10 heteroatoms. The fourth-order valence-corrected chi connectivity index (χ4v) is 3.08. The Morgan fingerprint density at radius 1 is 1.34 bits per heavy atom. The zero-order valence-corrected chi connectivity index (χ0v) is 17.3. The lowest BCUT2D eigenvalue weighted by Gasteiger charge is -2.07. The van der Waals surface area contributed by atoms with Gasteiger partial charge in [0.15, 0.2) is 5.82 Å². The number of nitrogens with one attached hydrogen (secondary N) is 1. The second kappa shape index (κ2) is 8.52. The Bertz CT molecular complexity index is 1070. The summed E-state index contributed by atoms with van der Waals surface area (Å²) in [5, 5.41) is 18.6. The van der Waals surface area contributed by atoms with Crippen LogP contribution in [0.4, 0.5) is 10.1 Å². The lowest BCUT2D eigenvalue weighted by molar-refractivity contribution is -0.111. The molecule has 2 aromatic heterocycles. The molecule has 0 aliphatic rings. The molecule has 3 aromatic rings. The van der Waals surface area contributed by atoms with Gasteiger partial charge >= 0.3 is 0 Å². The fraction of sp³-hybridized carbons (Fsp3) is 0.316. The van der Waals surface area contributed by atoms with Crippen molar-refractivity contribution in [2.75, 3.05) is 5.32 Å². The number of benzene rings is 1. The van der Waals surface area contributed by atoms with Gasteiger partial charge in [0.25, 0.3) is 0 Å². The zero-order chi connectivity index (χ0) is 21.1. The number of hydrogen-bond donors (Lipinski definition) is 1. The summed E-state index contributed by atoms with van der Waals surface area (Å²) in [5.41, 5.74) is 1.97. The van der Waals surface area contributed by atoms with Crippen molar-refractivity contribution in [2.24, 2.45) is 5.92 Å². The van der Waals surface area contributed by atoms with Crippen molar-refractivity contribution in [2.45, 2.75) is 34.2 Å². The number of halogens is 2. The molecule has 0 aliphatic heterocycles. The highest BCUT2D eigenvalue weighted by molar-refractivity contribution is 6.31. The summed E-state index contributed by atoms with van der Waals surface area (Å²) >= 11 is 6.38. The number of aryl methyl sites for hydroxylation is 2. The largest absolute Gasteiger partial charge is 0.322 e. The Morgan fingerprint density at radius 3 is 2.76 bits per heavy atom. The van der Waals surface area contributed by atoms with Crippen molar-refractivity contribution < 1.29 is 9.18 Å². The third kappa shape index (κ3) is 4.68. The molecule has 0 saturated heterocycles. The Balaban J connectivity index is 1.77. The summed E-state index contributed by atoms with van der Waals surface area (Å²) in [6.07, 6.45) is 2.98. The molecule has 0 radical (unpaired) electrons. The first-order valence-corrected chi connectivity index (χ1v) is 9.41. The van der Waals surface area contributed by atoms with Crippen molar-refractivity contribution >= 4 is 29.3 Å². The van der Waals surface area contributed by atoms with Crippen LogP contribution in [0.15, 0.2) is 24.3 Å². The lowest BCUT2D eigenvalue weighted by Crippen LogP contribution is -2.09. The molecule has 3 rings (SSSR count). The monoisotopic (exact) mass is 417 g/mol. The predicted molar refractivity (Wildman–Crippen MR) is 108 cm³/mol. The van der Waals surface area contributed by atoms with Crippen LogP contribution in [0.1, 0.15) is 30.9 Å². The van der Waals surface area contributed by atoms with Crippen LogP contribution >= 0.6 is 11.6 Å². The first-order valence-electron chi connectivity index (χ1n) is 9.03. The Morgan fingerprint density at radius 2 is 2.10 bits per heavy atom. The summed E-state index contributed by atoms with van der Waals surface area (Å²) in [6.45, 7) is 8.32. The molecule has 0 bridgehead atoms. The van der Waals surface area contributed by atoms with Crippen LogP contribution < -0.4 is 5.32 Å². The minimum atomic E-state index is -0.506. The standard InChI is InChI=1S/C19H21ClFN7O/c1-11(2)10-27-19(20)15(12(3)24-27)6-8-18(29)22-14-5-7-16(21)17(9-14)28-13(4)23-25-26-28/h5-9,11H,10H2,1-4H3,(H,22,29)/b8-6+. The van der Waals surface area contributed by atoms with E-state index in [0.717, 1.165) is 5.69 Å². The SMILES string of the molecule is Cc1nn(CC(C)C)c(Cl)c1/C=C/C(=O)Nc1ccc(F)c(-n2nnnc2C)c1. The smallest absolute Gasteiger partial charge is 0.248 e. The first kappa shape index (κ1) is 20.7. The van der Waals surface area contributed by atoms with E-state index in [2.05, 4.69) is 39.8 Å². The maximum absolute atomic E-state index is 14.1. The number of anilines is 1. The topological polar surface area (TPSA) is 90.5 Å². The number of hydrogen-bond acceptors (Lipinski definition) is 5. The molecular formula is C19H21ClFN7O. The van der Waals surface area contributed by atoms with E-state index in [-0.39, 0.29) is 11.6 Å². The zero-order valence-electron chi connectivity index (χ0n) is 16.5. The van der Waals surface area contributed by atoms with E-state index in [4.69, 9.17) is 11.6 Å². The highest BCUT2D eigenvalue weighted by Gasteiger charge is 2.13. The third-order valence-corrected chi connectivity index (χ3v) is 4.51. The van der Waals surface area contributed by atoms with E-state index >= 15 is 0 Å². The summed E-state index contributed by atoms with van der Waals surface area (Å²) in [4.78, 5) is 12.3. The van der Waals surface area contributed by atoms with Gasteiger partial charge in [0.1, 0.15) is 16.7 Å². The number of carbonyl (C=O) groups is 1. The van der Waals surface area contributed by atoms with Crippen molar-refractivity contribution in [1.29, 1.82) is 0 Å². The average molecular weight is 418 g/mol. The van der Waals surface area contributed by atoms with Crippen LogP contribution in [0.5, 0.6) is 0 Å². The van der Waals surface area contributed by atoms with Crippen molar-refractivity contribution in [3.63, 3.8) is 0 Å².